The highest BCUT2D eigenvalue weighted by atomic mass is 16.2. The summed E-state index contributed by atoms with van der Waals surface area (Å²) < 4.78 is 1.78. The van der Waals surface area contributed by atoms with Crippen LogP contribution in [-0.2, 0) is 11.3 Å². The molecular weight excluding hydrogens is 306 g/mol. The second-order valence-corrected chi connectivity index (χ2v) is 6.42. The number of carbonyl (C=O) groups excluding carboxylic acids is 2. The number of nitrogens with zero attached hydrogens (tertiary/aromatic N) is 5. The van der Waals surface area contributed by atoms with E-state index in [1.165, 1.54) is 0 Å². The Morgan fingerprint density at radius 2 is 2.04 bits per heavy atom. The third-order valence-electron chi connectivity index (χ3n) is 4.72. The average Bonchev–Trinajstić information content (AvgIpc) is 3.28. The summed E-state index contributed by atoms with van der Waals surface area (Å²) in [5, 5.41) is 12.1. The van der Waals surface area contributed by atoms with Gasteiger partial charge < -0.3 is 0 Å². The zero-order valence-electron chi connectivity index (χ0n) is 13.6. The number of aromatic nitrogens is 4. The van der Waals surface area contributed by atoms with Crippen LogP contribution in [0.15, 0.2) is 24.3 Å². The van der Waals surface area contributed by atoms with Gasteiger partial charge in [0.05, 0.1) is 11.3 Å². The Morgan fingerprint density at radius 1 is 1.25 bits per heavy atom. The van der Waals surface area contributed by atoms with Gasteiger partial charge >= 0.3 is 0 Å². The largest absolute Gasteiger partial charge is 0.300 e. The SMILES string of the molecule is CCCCn1nnnc1C(C1CC1)N1C(=O)C(=O)c2ccccc21. The lowest BCUT2D eigenvalue weighted by atomic mass is 10.1. The molecular formula is C17H19N5O2. The molecule has 1 unspecified atom stereocenters. The van der Waals surface area contributed by atoms with E-state index in [2.05, 4.69) is 22.4 Å². The van der Waals surface area contributed by atoms with Crippen molar-refractivity contribution in [1.82, 2.24) is 20.2 Å². The molecule has 1 atom stereocenters. The molecule has 0 saturated heterocycles. The number of Topliss-reactive ketones (excluding diaryl/α,β-unsaturated/α-hetero) is 1. The summed E-state index contributed by atoms with van der Waals surface area (Å²) in [5.74, 6) is 0.0741. The Kier molecular flexibility index (Phi) is 3.63. The van der Waals surface area contributed by atoms with Crippen LogP contribution in [0.2, 0.25) is 0 Å². The molecule has 1 aliphatic heterocycles. The van der Waals surface area contributed by atoms with Crippen LogP contribution in [0, 0.1) is 5.92 Å². The monoisotopic (exact) mass is 325 g/mol. The Balaban J connectivity index is 1.76. The first-order valence-electron chi connectivity index (χ1n) is 8.45. The molecule has 0 radical (unpaired) electrons. The number of anilines is 1. The lowest BCUT2D eigenvalue weighted by molar-refractivity contribution is -0.114. The number of amides is 1. The van der Waals surface area contributed by atoms with E-state index in [9.17, 15) is 9.59 Å². The zero-order chi connectivity index (χ0) is 16.7. The summed E-state index contributed by atoms with van der Waals surface area (Å²) >= 11 is 0. The lowest BCUT2D eigenvalue weighted by Crippen LogP contribution is -2.36. The molecule has 1 fully saturated rings. The molecule has 1 amide bonds. The van der Waals surface area contributed by atoms with Crippen LogP contribution in [0.3, 0.4) is 0 Å². The normalized spacial score (nSPS) is 18.1. The molecule has 0 N–H and O–H groups in total. The minimum Gasteiger partial charge on any atom is -0.294 e. The van der Waals surface area contributed by atoms with Crippen molar-refractivity contribution in [2.45, 2.75) is 45.2 Å². The first-order chi connectivity index (χ1) is 11.7. The number of hydrogen-bond donors (Lipinski definition) is 0. The molecule has 124 valence electrons. The number of aryl methyl sites for hydroxylation is 1. The number of ketones is 1. The van der Waals surface area contributed by atoms with Gasteiger partial charge in [0.2, 0.25) is 0 Å². The van der Waals surface area contributed by atoms with E-state index in [0.717, 1.165) is 32.2 Å². The molecule has 0 spiro atoms. The van der Waals surface area contributed by atoms with Gasteiger partial charge in [-0.05, 0) is 47.7 Å². The molecule has 1 saturated carbocycles. The molecule has 0 bridgehead atoms. The van der Waals surface area contributed by atoms with Crippen LogP contribution in [0.1, 0.15) is 54.8 Å². The topological polar surface area (TPSA) is 81.0 Å². The van der Waals surface area contributed by atoms with E-state index in [4.69, 9.17) is 0 Å². The molecule has 1 aromatic heterocycles. The fourth-order valence-electron chi connectivity index (χ4n) is 3.33. The van der Waals surface area contributed by atoms with Gasteiger partial charge in [-0.25, -0.2) is 4.68 Å². The molecule has 2 aliphatic rings. The van der Waals surface area contributed by atoms with Gasteiger partial charge in [0, 0.05) is 6.54 Å². The van der Waals surface area contributed by atoms with Crippen LogP contribution in [0.5, 0.6) is 0 Å². The summed E-state index contributed by atoms with van der Waals surface area (Å²) in [6.45, 7) is 2.83. The van der Waals surface area contributed by atoms with Gasteiger partial charge in [0.25, 0.3) is 11.7 Å². The number of fused-ring (bicyclic) bond motifs is 1. The van der Waals surface area contributed by atoms with E-state index in [-0.39, 0.29) is 6.04 Å². The van der Waals surface area contributed by atoms with E-state index in [0.29, 0.717) is 23.0 Å². The van der Waals surface area contributed by atoms with Crippen LogP contribution < -0.4 is 4.90 Å². The first kappa shape index (κ1) is 15.0. The predicted octanol–water partition coefficient (Wildman–Crippen LogP) is 2.15. The summed E-state index contributed by atoms with van der Waals surface area (Å²) in [6, 6.07) is 6.90. The number of para-hydroxylation sites is 1. The second-order valence-electron chi connectivity index (χ2n) is 6.42. The Hall–Kier alpha value is -2.57. The fourth-order valence-corrected chi connectivity index (χ4v) is 3.33. The highest BCUT2D eigenvalue weighted by Gasteiger charge is 2.48. The third-order valence-corrected chi connectivity index (χ3v) is 4.72. The number of unbranched alkanes of at least 4 members (excludes halogenated alkanes) is 1. The van der Waals surface area contributed by atoms with Crippen molar-refractivity contribution in [3.63, 3.8) is 0 Å². The summed E-state index contributed by atoms with van der Waals surface area (Å²) in [7, 11) is 0. The van der Waals surface area contributed by atoms with Crippen LogP contribution in [-0.4, -0.2) is 31.9 Å². The van der Waals surface area contributed by atoms with Crippen molar-refractivity contribution in [3.8, 4) is 0 Å². The minimum atomic E-state index is -0.474. The van der Waals surface area contributed by atoms with Gasteiger partial charge in [0.15, 0.2) is 5.82 Å². The third kappa shape index (κ3) is 2.31. The van der Waals surface area contributed by atoms with E-state index in [1.54, 1.807) is 21.7 Å². The maximum atomic E-state index is 12.7. The molecule has 7 heteroatoms. The molecule has 2 heterocycles. The van der Waals surface area contributed by atoms with Crippen molar-refractivity contribution in [1.29, 1.82) is 0 Å². The van der Waals surface area contributed by atoms with Gasteiger partial charge in [-0.2, -0.15) is 0 Å². The van der Waals surface area contributed by atoms with Gasteiger partial charge in [-0.15, -0.1) is 5.10 Å². The van der Waals surface area contributed by atoms with Gasteiger partial charge in [0.1, 0.15) is 6.04 Å². The minimum absolute atomic E-state index is 0.267. The molecule has 24 heavy (non-hydrogen) atoms. The predicted molar refractivity (Wildman–Crippen MR) is 86.4 cm³/mol. The molecule has 7 nitrogen and oxygen atoms in total. The smallest absolute Gasteiger partial charge is 0.294 e. The standard InChI is InChI=1S/C17H19N5O2/c1-2-3-10-21-16(18-19-20-21)14(11-8-9-11)22-13-7-5-4-6-12(13)15(23)17(22)24/h4-7,11,14H,2-3,8-10H2,1H3. The molecule has 1 aromatic carbocycles. The molecule has 1 aliphatic carbocycles. The zero-order valence-corrected chi connectivity index (χ0v) is 13.6. The lowest BCUT2D eigenvalue weighted by Gasteiger charge is -2.27. The van der Waals surface area contributed by atoms with E-state index < -0.39 is 11.7 Å². The maximum absolute atomic E-state index is 12.7. The quantitative estimate of drug-likeness (QED) is 0.760. The summed E-state index contributed by atoms with van der Waals surface area (Å²) in [4.78, 5) is 26.6. The number of hydrogen-bond acceptors (Lipinski definition) is 5. The molecule has 2 aromatic rings. The van der Waals surface area contributed by atoms with Crippen molar-refractivity contribution in [3.05, 3.63) is 35.7 Å². The number of benzene rings is 1. The highest BCUT2D eigenvalue weighted by Crippen LogP contribution is 2.47. The molecule has 4 rings (SSSR count). The Labute approximate surface area is 139 Å². The van der Waals surface area contributed by atoms with Gasteiger partial charge in [-0.3, -0.25) is 14.5 Å². The summed E-state index contributed by atoms with van der Waals surface area (Å²) in [5.41, 5.74) is 1.15. The maximum Gasteiger partial charge on any atom is 0.300 e. The van der Waals surface area contributed by atoms with Gasteiger partial charge in [-0.1, -0.05) is 25.5 Å². The average molecular weight is 325 g/mol. The van der Waals surface area contributed by atoms with E-state index in [1.807, 2.05) is 12.1 Å². The number of carbonyl (C=O) groups is 2. The van der Waals surface area contributed by atoms with Crippen molar-refractivity contribution in [2.24, 2.45) is 5.92 Å². The van der Waals surface area contributed by atoms with Crippen LogP contribution in [0.4, 0.5) is 5.69 Å². The van der Waals surface area contributed by atoms with E-state index >= 15 is 0 Å². The highest BCUT2D eigenvalue weighted by molar-refractivity contribution is 6.52. The first-order valence-corrected chi connectivity index (χ1v) is 8.45. The fraction of sp³-hybridized carbons (Fsp3) is 0.471. The number of tetrazole rings is 1. The second kappa shape index (κ2) is 5.81. The van der Waals surface area contributed by atoms with Crippen LogP contribution in [0.25, 0.3) is 0 Å². The number of rotatable bonds is 6. The van der Waals surface area contributed by atoms with Crippen molar-refractivity contribution < 1.29 is 9.59 Å². The summed E-state index contributed by atoms with van der Waals surface area (Å²) in [6.07, 6.45) is 4.05. The van der Waals surface area contributed by atoms with Crippen LogP contribution >= 0.6 is 0 Å². The van der Waals surface area contributed by atoms with Crippen molar-refractivity contribution in [2.75, 3.05) is 4.90 Å². The Morgan fingerprint density at radius 3 is 2.79 bits per heavy atom. The Bertz CT molecular complexity index is 796. The van der Waals surface area contributed by atoms with Crippen molar-refractivity contribution >= 4 is 17.4 Å².